The van der Waals surface area contributed by atoms with Crippen LogP contribution in [0.2, 0.25) is 0 Å². The van der Waals surface area contributed by atoms with Crippen LogP contribution in [0.4, 0.5) is 0 Å². The van der Waals surface area contributed by atoms with Gasteiger partial charge in [0.25, 0.3) is 0 Å². The number of aliphatic hydroxyl groups excluding tert-OH is 1. The van der Waals surface area contributed by atoms with Crippen LogP contribution in [0.25, 0.3) is 0 Å². The van der Waals surface area contributed by atoms with Crippen LogP contribution in [0.3, 0.4) is 0 Å². The van der Waals surface area contributed by atoms with Gasteiger partial charge in [-0.1, -0.05) is 18.7 Å². The predicted octanol–water partition coefficient (Wildman–Crippen LogP) is 2.85. The zero-order chi connectivity index (χ0) is 15.9. The van der Waals surface area contributed by atoms with Crippen molar-refractivity contribution in [1.29, 1.82) is 0 Å². The van der Waals surface area contributed by atoms with Gasteiger partial charge in [-0.2, -0.15) is 0 Å². The molecule has 122 valence electrons. The molecule has 2 rings (SSSR count). The zero-order valence-corrected chi connectivity index (χ0v) is 13.6. The van der Waals surface area contributed by atoms with Gasteiger partial charge in [-0.3, -0.25) is 4.90 Å². The molecule has 1 aromatic carbocycles. The number of piperidine rings is 1. The standard InChI is InChI=1S/C18H27NO3/c1-4-9-22-17-8-7-15(10-18(17)21-3)11-19-12-16(13-20)6-5-14(19)2/h4,7-8,10,14,16,20H,1,5-6,9,11-13H2,2-3H3. The van der Waals surface area contributed by atoms with Crippen molar-refractivity contribution in [2.45, 2.75) is 32.4 Å². The van der Waals surface area contributed by atoms with E-state index in [1.54, 1.807) is 13.2 Å². The molecule has 0 amide bonds. The largest absolute Gasteiger partial charge is 0.493 e. The average Bonchev–Trinajstić information content (AvgIpc) is 2.55. The van der Waals surface area contributed by atoms with Crippen molar-refractivity contribution in [3.05, 3.63) is 36.4 Å². The van der Waals surface area contributed by atoms with Crippen molar-refractivity contribution in [3.8, 4) is 11.5 Å². The molecule has 1 heterocycles. The summed E-state index contributed by atoms with van der Waals surface area (Å²) in [7, 11) is 1.66. The van der Waals surface area contributed by atoms with Crippen LogP contribution in [-0.4, -0.2) is 42.9 Å². The van der Waals surface area contributed by atoms with E-state index in [1.807, 2.05) is 12.1 Å². The Morgan fingerprint density at radius 3 is 2.86 bits per heavy atom. The van der Waals surface area contributed by atoms with E-state index in [0.29, 0.717) is 18.6 Å². The van der Waals surface area contributed by atoms with Crippen molar-refractivity contribution < 1.29 is 14.6 Å². The summed E-state index contributed by atoms with van der Waals surface area (Å²) in [6.07, 6.45) is 3.98. The Hall–Kier alpha value is -1.52. The number of hydrogen-bond acceptors (Lipinski definition) is 4. The molecule has 4 nitrogen and oxygen atoms in total. The molecule has 1 fully saturated rings. The van der Waals surface area contributed by atoms with Crippen molar-refractivity contribution in [2.75, 3.05) is 26.9 Å². The van der Waals surface area contributed by atoms with E-state index in [-0.39, 0.29) is 6.61 Å². The van der Waals surface area contributed by atoms with Gasteiger partial charge < -0.3 is 14.6 Å². The van der Waals surface area contributed by atoms with Gasteiger partial charge in [-0.15, -0.1) is 0 Å². The maximum absolute atomic E-state index is 9.39. The topological polar surface area (TPSA) is 41.9 Å². The Bertz CT molecular complexity index is 489. The normalized spacial score (nSPS) is 22.3. The van der Waals surface area contributed by atoms with E-state index in [4.69, 9.17) is 9.47 Å². The maximum Gasteiger partial charge on any atom is 0.161 e. The second kappa shape index (κ2) is 8.20. The quantitative estimate of drug-likeness (QED) is 0.787. The first-order valence-electron chi connectivity index (χ1n) is 7.93. The summed E-state index contributed by atoms with van der Waals surface area (Å²) < 4.78 is 11.0. The van der Waals surface area contributed by atoms with Crippen LogP contribution in [0, 0.1) is 5.92 Å². The van der Waals surface area contributed by atoms with E-state index in [2.05, 4.69) is 24.5 Å². The summed E-state index contributed by atoms with van der Waals surface area (Å²) in [6, 6.07) is 6.62. The number of hydrogen-bond donors (Lipinski definition) is 1. The molecule has 1 aliphatic heterocycles. The summed E-state index contributed by atoms with van der Waals surface area (Å²) in [6.45, 7) is 8.48. The number of nitrogens with zero attached hydrogens (tertiary/aromatic N) is 1. The van der Waals surface area contributed by atoms with Crippen molar-refractivity contribution in [2.24, 2.45) is 5.92 Å². The smallest absolute Gasteiger partial charge is 0.161 e. The van der Waals surface area contributed by atoms with Crippen molar-refractivity contribution in [3.63, 3.8) is 0 Å². The minimum atomic E-state index is 0.279. The molecule has 2 unspecified atom stereocenters. The number of methoxy groups -OCH3 is 1. The van der Waals surface area contributed by atoms with Gasteiger partial charge in [0.2, 0.25) is 0 Å². The number of benzene rings is 1. The van der Waals surface area contributed by atoms with Crippen LogP contribution in [0.1, 0.15) is 25.3 Å². The number of ether oxygens (including phenoxy) is 2. The Morgan fingerprint density at radius 2 is 2.18 bits per heavy atom. The fourth-order valence-corrected chi connectivity index (χ4v) is 2.94. The van der Waals surface area contributed by atoms with Crippen LogP contribution < -0.4 is 9.47 Å². The molecule has 2 atom stereocenters. The number of rotatable bonds is 7. The fourth-order valence-electron chi connectivity index (χ4n) is 2.94. The molecule has 1 saturated heterocycles. The lowest BCUT2D eigenvalue weighted by molar-refractivity contribution is 0.0771. The lowest BCUT2D eigenvalue weighted by Gasteiger charge is -2.37. The van der Waals surface area contributed by atoms with E-state index in [9.17, 15) is 5.11 Å². The highest BCUT2D eigenvalue weighted by Crippen LogP contribution is 2.30. The highest BCUT2D eigenvalue weighted by molar-refractivity contribution is 5.43. The van der Waals surface area contributed by atoms with Crippen molar-refractivity contribution >= 4 is 0 Å². The molecule has 0 aliphatic carbocycles. The molecule has 0 saturated carbocycles. The third-order valence-corrected chi connectivity index (χ3v) is 4.34. The molecule has 0 radical (unpaired) electrons. The third kappa shape index (κ3) is 4.24. The summed E-state index contributed by atoms with van der Waals surface area (Å²) in [5.74, 6) is 1.89. The molecule has 1 aliphatic rings. The monoisotopic (exact) mass is 305 g/mol. The molecule has 1 N–H and O–H groups in total. The van der Waals surface area contributed by atoms with Crippen molar-refractivity contribution in [1.82, 2.24) is 4.90 Å². The van der Waals surface area contributed by atoms with Crippen LogP contribution >= 0.6 is 0 Å². The Balaban J connectivity index is 2.06. The molecular formula is C18H27NO3. The van der Waals surface area contributed by atoms with Crippen LogP contribution in [0.15, 0.2) is 30.9 Å². The summed E-state index contributed by atoms with van der Waals surface area (Å²) >= 11 is 0. The molecular weight excluding hydrogens is 278 g/mol. The molecule has 0 aromatic heterocycles. The summed E-state index contributed by atoms with van der Waals surface area (Å²) in [5.41, 5.74) is 1.20. The Morgan fingerprint density at radius 1 is 1.36 bits per heavy atom. The predicted molar refractivity (Wildman–Crippen MR) is 88.4 cm³/mol. The third-order valence-electron chi connectivity index (χ3n) is 4.34. The lowest BCUT2D eigenvalue weighted by atomic mass is 9.93. The molecule has 0 spiro atoms. The number of likely N-dealkylation sites (tertiary alicyclic amines) is 1. The van der Waals surface area contributed by atoms with Crippen LogP contribution in [0.5, 0.6) is 11.5 Å². The van der Waals surface area contributed by atoms with Crippen LogP contribution in [-0.2, 0) is 6.54 Å². The maximum atomic E-state index is 9.39. The Kier molecular flexibility index (Phi) is 6.28. The molecule has 1 aromatic rings. The minimum Gasteiger partial charge on any atom is -0.493 e. The lowest BCUT2D eigenvalue weighted by Crippen LogP contribution is -2.42. The van der Waals surface area contributed by atoms with E-state index in [1.165, 1.54) is 5.56 Å². The second-order valence-electron chi connectivity index (χ2n) is 5.99. The van der Waals surface area contributed by atoms with E-state index < -0.39 is 0 Å². The first-order chi connectivity index (χ1) is 10.7. The molecule has 4 heteroatoms. The first-order valence-corrected chi connectivity index (χ1v) is 7.93. The van der Waals surface area contributed by atoms with Gasteiger partial charge in [0.05, 0.1) is 7.11 Å². The zero-order valence-electron chi connectivity index (χ0n) is 13.6. The number of aliphatic hydroxyl groups is 1. The second-order valence-corrected chi connectivity index (χ2v) is 5.99. The average molecular weight is 305 g/mol. The molecule has 0 bridgehead atoms. The summed E-state index contributed by atoms with van der Waals surface area (Å²) in [5, 5.41) is 9.39. The first kappa shape index (κ1) is 16.8. The molecule has 22 heavy (non-hydrogen) atoms. The SMILES string of the molecule is C=CCOc1ccc(CN2CC(CO)CCC2C)cc1OC. The van der Waals surface area contributed by atoms with E-state index in [0.717, 1.165) is 37.4 Å². The minimum absolute atomic E-state index is 0.279. The highest BCUT2D eigenvalue weighted by atomic mass is 16.5. The highest BCUT2D eigenvalue weighted by Gasteiger charge is 2.25. The van der Waals surface area contributed by atoms with Gasteiger partial charge in [0.15, 0.2) is 11.5 Å². The van der Waals surface area contributed by atoms with Gasteiger partial charge in [0.1, 0.15) is 6.61 Å². The van der Waals surface area contributed by atoms with Gasteiger partial charge in [-0.05, 0) is 43.4 Å². The summed E-state index contributed by atoms with van der Waals surface area (Å²) in [4.78, 5) is 2.43. The Labute approximate surface area is 133 Å². The van der Waals surface area contributed by atoms with E-state index >= 15 is 0 Å². The van der Waals surface area contributed by atoms with Gasteiger partial charge in [0, 0.05) is 25.7 Å². The fraction of sp³-hybridized carbons (Fsp3) is 0.556. The van der Waals surface area contributed by atoms with Gasteiger partial charge >= 0.3 is 0 Å². The van der Waals surface area contributed by atoms with Gasteiger partial charge in [-0.25, -0.2) is 0 Å².